The van der Waals surface area contributed by atoms with Gasteiger partial charge < -0.3 is 5.73 Å². The standard InChI is InChI=1S/C14H10BrN3O3S/c15-9-6-11-12(13(16)19)8-18(14(11)17-7-9)22(20,21)10-4-2-1-3-5-10/h1-8H,(H2,16,19). The number of pyridine rings is 1. The molecule has 3 aromatic rings. The van der Waals surface area contributed by atoms with Gasteiger partial charge in [-0.2, -0.15) is 0 Å². The van der Waals surface area contributed by atoms with Crippen molar-refractivity contribution in [2.75, 3.05) is 0 Å². The summed E-state index contributed by atoms with van der Waals surface area (Å²) < 4.78 is 27.1. The number of carbonyl (C=O) groups is 1. The van der Waals surface area contributed by atoms with Crippen LogP contribution < -0.4 is 5.73 Å². The summed E-state index contributed by atoms with van der Waals surface area (Å²) in [6.45, 7) is 0. The maximum atomic E-state index is 12.7. The van der Waals surface area contributed by atoms with Crippen molar-refractivity contribution in [1.29, 1.82) is 0 Å². The van der Waals surface area contributed by atoms with Gasteiger partial charge in [-0.1, -0.05) is 18.2 Å². The van der Waals surface area contributed by atoms with E-state index in [0.29, 0.717) is 9.86 Å². The summed E-state index contributed by atoms with van der Waals surface area (Å²) in [6, 6.07) is 9.53. The summed E-state index contributed by atoms with van der Waals surface area (Å²) in [5.74, 6) is -0.716. The van der Waals surface area contributed by atoms with Crippen molar-refractivity contribution in [2.24, 2.45) is 5.73 Å². The molecule has 1 aromatic carbocycles. The Morgan fingerprint density at radius 2 is 1.91 bits per heavy atom. The summed E-state index contributed by atoms with van der Waals surface area (Å²) in [5.41, 5.74) is 5.59. The molecular formula is C14H10BrN3O3S. The van der Waals surface area contributed by atoms with E-state index in [9.17, 15) is 13.2 Å². The fourth-order valence-electron chi connectivity index (χ4n) is 2.14. The molecule has 0 spiro atoms. The molecule has 0 aliphatic rings. The summed E-state index contributed by atoms with van der Waals surface area (Å²) in [5, 5.41) is 0.376. The lowest BCUT2D eigenvalue weighted by atomic mass is 10.2. The first kappa shape index (κ1) is 14.7. The van der Waals surface area contributed by atoms with Crippen LogP contribution >= 0.6 is 15.9 Å². The van der Waals surface area contributed by atoms with E-state index in [-0.39, 0.29) is 16.1 Å². The highest BCUT2D eigenvalue weighted by Gasteiger charge is 2.23. The molecule has 6 nitrogen and oxygen atoms in total. The number of hydrogen-bond acceptors (Lipinski definition) is 4. The smallest absolute Gasteiger partial charge is 0.269 e. The molecule has 2 aromatic heterocycles. The van der Waals surface area contributed by atoms with Gasteiger partial charge in [0.15, 0.2) is 5.65 Å². The van der Waals surface area contributed by atoms with Crippen LogP contribution in [0.1, 0.15) is 10.4 Å². The SMILES string of the molecule is NC(=O)c1cn(S(=O)(=O)c2ccccc2)c2ncc(Br)cc12. The molecule has 0 saturated heterocycles. The number of benzene rings is 1. The molecule has 0 bridgehead atoms. The average molecular weight is 380 g/mol. The van der Waals surface area contributed by atoms with Crippen LogP contribution in [0.4, 0.5) is 0 Å². The van der Waals surface area contributed by atoms with Crippen LogP contribution in [0.5, 0.6) is 0 Å². The molecule has 0 fully saturated rings. The number of nitrogens with zero attached hydrogens (tertiary/aromatic N) is 2. The van der Waals surface area contributed by atoms with E-state index in [1.807, 2.05) is 0 Å². The van der Waals surface area contributed by atoms with Crippen molar-refractivity contribution in [3.8, 4) is 0 Å². The Balaban J connectivity index is 2.35. The van der Waals surface area contributed by atoms with Gasteiger partial charge in [0.25, 0.3) is 15.9 Å². The molecule has 2 N–H and O–H groups in total. The largest absolute Gasteiger partial charge is 0.366 e. The molecule has 22 heavy (non-hydrogen) atoms. The minimum Gasteiger partial charge on any atom is -0.366 e. The van der Waals surface area contributed by atoms with Gasteiger partial charge in [-0.15, -0.1) is 0 Å². The average Bonchev–Trinajstić information content (AvgIpc) is 2.87. The number of fused-ring (bicyclic) bond motifs is 1. The third-order valence-electron chi connectivity index (χ3n) is 3.14. The van der Waals surface area contributed by atoms with Gasteiger partial charge >= 0.3 is 0 Å². The second kappa shape index (κ2) is 5.22. The minimum absolute atomic E-state index is 0.100. The lowest BCUT2D eigenvalue weighted by Crippen LogP contribution is -2.13. The molecule has 0 aliphatic heterocycles. The van der Waals surface area contributed by atoms with E-state index in [1.165, 1.54) is 24.5 Å². The second-order valence-corrected chi connectivity index (χ2v) is 7.28. The fraction of sp³-hybridized carbons (Fsp3) is 0. The molecule has 0 radical (unpaired) electrons. The van der Waals surface area contributed by atoms with Crippen LogP contribution in [0.2, 0.25) is 0 Å². The van der Waals surface area contributed by atoms with Gasteiger partial charge in [-0.3, -0.25) is 4.79 Å². The Labute approximate surface area is 134 Å². The van der Waals surface area contributed by atoms with Gasteiger partial charge in [0.2, 0.25) is 0 Å². The van der Waals surface area contributed by atoms with Crippen molar-refractivity contribution in [2.45, 2.75) is 4.90 Å². The number of halogens is 1. The van der Waals surface area contributed by atoms with E-state index in [0.717, 1.165) is 3.97 Å². The molecule has 0 saturated carbocycles. The van der Waals surface area contributed by atoms with E-state index in [1.54, 1.807) is 24.3 Å². The van der Waals surface area contributed by atoms with Crippen LogP contribution in [0.15, 0.2) is 58.2 Å². The van der Waals surface area contributed by atoms with E-state index in [4.69, 9.17) is 5.73 Å². The molecule has 8 heteroatoms. The molecule has 3 rings (SSSR count). The molecule has 0 unspecified atom stereocenters. The highest BCUT2D eigenvalue weighted by molar-refractivity contribution is 9.10. The van der Waals surface area contributed by atoms with Crippen molar-refractivity contribution in [3.63, 3.8) is 0 Å². The number of carbonyl (C=O) groups excluding carboxylic acids is 1. The maximum Gasteiger partial charge on any atom is 0.269 e. The van der Waals surface area contributed by atoms with Crippen LogP contribution in [-0.4, -0.2) is 23.3 Å². The topological polar surface area (TPSA) is 95.0 Å². The second-order valence-electron chi connectivity index (χ2n) is 4.55. The van der Waals surface area contributed by atoms with Crippen LogP contribution in [0.3, 0.4) is 0 Å². The van der Waals surface area contributed by atoms with Gasteiger partial charge in [0, 0.05) is 22.3 Å². The highest BCUT2D eigenvalue weighted by atomic mass is 79.9. The third-order valence-corrected chi connectivity index (χ3v) is 5.24. The van der Waals surface area contributed by atoms with Gasteiger partial charge in [-0.25, -0.2) is 17.4 Å². The normalized spacial score (nSPS) is 11.7. The number of amides is 1. The monoisotopic (exact) mass is 379 g/mol. The molecule has 0 aliphatic carbocycles. The van der Waals surface area contributed by atoms with Crippen molar-refractivity contribution < 1.29 is 13.2 Å². The molecule has 2 heterocycles. The molecule has 0 atom stereocenters. The quantitative estimate of drug-likeness (QED) is 0.753. The fourth-order valence-corrected chi connectivity index (χ4v) is 3.82. The maximum absolute atomic E-state index is 12.7. The number of hydrogen-bond donors (Lipinski definition) is 1. The molecule has 112 valence electrons. The predicted octanol–water partition coefficient (Wildman–Crippen LogP) is 2.13. The van der Waals surface area contributed by atoms with E-state index >= 15 is 0 Å². The minimum atomic E-state index is -3.86. The lowest BCUT2D eigenvalue weighted by molar-refractivity contribution is 0.100. The van der Waals surface area contributed by atoms with Crippen molar-refractivity contribution in [3.05, 3.63) is 58.8 Å². The lowest BCUT2D eigenvalue weighted by Gasteiger charge is -2.06. The first-order valence-corrected chi connectivity index (χ1v) is 8.41. The van der Waals surface area contributed by atoms with E-state index < -0.39 is 15.9 Å². The number of nitrogens with two attached hydrogens (primary N) is 1. The zero-order valence-electron chi connectivity index (χ0n) is 11.1. The Bertz CT molecular complexity index is 981. The summed E-state index contributed by atoms with van der Waals surface area (Å²) >= 11 is 3.25. The van der Waals surface area contributed by atoms with Crippen LogP contribution in [0.25, 0.3) is 11.0 Å². The zero-order chi connectivity index (χ0) is 15.9. The molecule has 1 amide bonds. The Hall–Kier alpha value is -2.19. The van der Waals surface area contributed by atoms with Gasteiger partial charge in [-0.05, 0) is 34.1 Å². The Morgan fingerprint density at radius 3 is 2.55 bits per heavy atom. The van der Waals surface area contributed by atoms with E-state index in [2.05, 4.69) is 20.9 Å². The first-order valence-electron chi connectivity index (χ1n) is 6.18. The number of rotatable bonds is 3. The summed E-state index contributed by atoms with van der Waals surface area (Å²) in [7, 11) is -3.86. The number of aromatic nitrogens is 2. The van der Waals surface area contributed by atoms with Crippen LogP contribution in [-0.2, 0) is 10.0 Å². The summed E-state index contributed by atoms with van der Waals surface area (Å²) in [6.07, 6.45) is 2.67. The zero-order valence-corrected chi connectivity index (χ0v) is 13.5. The first-order chi connectivity index (χ1) is 10.4. The number of primary amides is 1. The van der Waals surface area contributed by atoms with Crippen molar-refractivity contribution >= 4 is 42.9 Å². The Kier molecular flexibility index (Phi) is 3.50. The highest BCUT2D eigenvalue weighted by Crippen LogP contribution is 2.26. The summed E-state index contributed by atoms with van der Waals surface area (Å²) in [4.78, 5) is 15.8. The van der Waals surface area contributed by atoms with Crippen LogP contribution in [0, 0.1) is 0 Å². The van der Waals surface area contributed by atoms with Gasteiger partial charge in [0.1, 0.15) is 0 Å². The van der Waals surface area contributed by atoms with Crippen molar-refractivity contribution in [1.82, 2.24) is 8.96 Å². The third kappa shape index (κ3) is 2.30. The Morgan fingerprint density at radius 1 is 1.23 bits per heavy atom. The van der Waals surface area contributed by atoms with Gasteiger partial charge in [0.05, 0.1) is 10.5 Å². The predicted molar refractivity (Wildman–Crippen MR) is 85.0 cm³/mol. The molecular weight excluding hydrogens is 370 g/mol.